The molecule has 1 saturated heterocycles. The van der Waals surface area contributed by atoms with E-state index in [1.54, 1.807) is 4.90 Å². The lowest BCUT2D eigenvalue weighted by atomic mass is 10.1. The highest BCUT2D eigenvalue weighted by Crippen LogP contribution is 2.06. The number of nitrogens with zero attached hydrogens (tertiary/aromatic N) is 1. The number of benzene rings is 2. The van der Waals surface area contributed by atoms with Crippen LogP contribution in [-0.4, -0.2) is 37.0 Å². The number of aryl methyl sites for hydroxylation is 1. The third-order valence-corrected chi connectivity index (χ3v) is 4.66. The first-order valence-electron chi connectivity index (χ1n) is 8.52. The van der Waals surface area contributed by atoms with Crippen molar-refractivity contribution in [3.05, 3.63) is 71.3 Å². The number of carbonyl (C=O) groups excluding carboxylic acids is 1. The van der Waals surface area contributed by atoms with E-state index < -0.39 is 0 Å². The molecule has 1 amide bonds. The zero-order valence-corrected chi connectivity index (χ0v) is 13.8. The second-order valence-electron chi connectivity index (χ2n) is 6.26. The van der Waals surface area contributed by atoms with Gasteiger partial charge in [0.05, 0.1) is 26.2 Å². The quantitative estimate of drug-likeness (QED) is 0.915. The number of rotatable bonds is 4. The second kappa shape index (κ2) is 7.42. The molecule has 0 aromatic heterocycles. The second-order valence-corrected chi connectivity index (χ2v) is 6.26. The maximum Gasteiger partial charge on any atom is 0.254 e. The SMILES string of the molecule is CCc1ccc(C[NH+]2CCN(C(=O)c3ccccc3)CC2)cc1. The van der Waals surface area contributed by atoms with E-state index in [9.17, 15) is 4.79 Å². The van der Waals surface area contributed by atoms with Gasteiger partial charge in [0.15, 0.2) is 0 Å². The fourth-order valence-corrected chi connectivity index (χ4v) is 3.15. The minimum Gasteiger partial charge on any atom is -0.328 e. The molecule has 1 aliphatic heterocycles. The van der Waals surface area contributed by atoms with Crippen molar-refractivity contribution in [2.24, 2.45) is 0 Å². The van der Waals surface area contributed by atoms with Crippen LogP contribution in [0.2, 0.25) is 0 Å². The lowest BCUT2D eigenvalue weighted by Gasteiger charge is -2.32. The van der Waals surface area contributed by atoms with Gasteiger partial charge >= 0.3 is 0 Å². The van der Waals surface area contributed by atoms with E-state index in [1.807, 2.05) is 35.2 Å². The molecule has 0 spiro atoms. The molecule has 1 fully saturated rings. The Labute approximate surface area is 138 Å². The molecular weight excluding hydrogens is 284 g/mol. The Hall–Kier alpha value is -2.13. The summed E-state index contributed by atoms with van der Waals surface area (Å²) in [5.74, 6) is 0.164. The van der Waals surface area contributed by atoms with Crippen LogP contribution in [0.15, 0.2) is 54.6 Å². The molecule has 0 saturated carbocycles. The first-order valence-corrected chi connectivity index (χ1v) is 8.52. The molecule has 0 atom stereocenters. The highest BCUT2D eigenvalue weighted by molar-refractivity contribution is 5.94. The smallest absolute Gasteiger partial charge is 0.254 e. The summed E-state index contributed by atoms with van der Waals surface area (Å²) >= 11 is 0. The fraction of sp³-hybridized carbons (Fsp3) is 0.350. The Morgan fingerprint density at radius 2 is 1.57 bits per heavy atom. The largest absolute Gasteiger partial charge is 0.328 e. The van der Waals surface area contributed by atoms with Crippen LogP contribution in [0, 0.1) is 0 Å². The Morgan fingerprint density at radius 1 is 0.957 bits per heavy atom. The molecular formula is C20H25N2O+. The van der Waals surface area contributed by atoms with Gasteiger partial charge in [-0.1, -0.05) is 49.4 Å². The third-order valence-electron chi connectivity index (χ3n) is 4.66. The Morgan fingerprint density at radius 3 is 2.17 bits per heavy atom. The molecule has 0 bridgehead atoms. The Kier molecular flexibility index (Phi) is 5.09. The Balaban J connectivity index is 1.53. The van der Waals surface area contributed by atoms with Crippen molar-refractivity contribution in [1.82, 2.24) is 4.90 Å². The van der Waals surface area contributed by atoms with E-state index in [0.717, 1.165) is 44.7 Å². The summed E-state index contributed by atoms with van der Waals surface area (Å²) in [6.45, 7) is 6.97. The van der Waals surface area contributed by atoms with Crippen LogP contribution in [0.1, 0.15) is 28.4 Å². The highest BCUT2D eigenvalue weighted by atomic mass is 16.2. The highest BCUT2D eigenvalue weighted by Gasteiger charge is 2.24. The number of carbonyl (C=O) groups is 1. The number of amides is 1. The molecule has 3 nitrogen and oxygen atoms in total. The number of piperazine rings is 1. The lowest BCUT2D eigenvalue weighted by molar-refractivity contribution is -0.917. The lowest BCUT2D eigenvalue weighted by Crippen LogP contribution is -3.13. The number of hydrogen-bond acceptors (Lipinski definition) is 1. The van der Waals surface area contributed by atoms with Crippen molar-refractivity contribution < 1.29 is 9.69 Å². The van der Waals surface area contributed by atoms with Crippen molar-refractivity contribution in [3.8, 4) is 0 Å². The molecule has 1 aliphatic rings. The van der Waals surface area contributed by atoms with Gasteiger partial charge in [-0.25, -0.2) is 0 Å². The topological polar surface area (TPSA) is 24.8 Å². The zero-order chi connectivity index (χ0) is 16.1. The molecule has 1 N–H and O–H groups in total. The average Bonchev–Trinajstić information content (AvgIpc) is 2.63. The minimum absolute atomic E-state index is 0.164. The summed E-state index contributed by atoms with van der Waals surface area (Å²) < 4.78 is 0. The number of hydrogen-bond donors (Lipinski definition) is 1. The van der Waals surface area contributed by atoms with Crippen molar-refractivity contribution >= 4 is 5.91 Å². The zero-order valence-electron chi connectivity index (χ0n) is 13.8. The van der Waals surface area contributed by atoms with E-state index in [2.05, 4.69) is 31.2 Å². The molecule has 120 valence electrons. The van der Waals surface area contributed by atoms with Gasteiger partial charge in [0.25, 0.3) is 5.91 Å². The van der Waals surface area contributed by atoms with Gasteiger partial charge in [-0.05, 0) is 24.1 Å². The predicted molar refractivity (Wildman–Crippen MR) is 92.6 cm³/mol. The normalized spacial score (nSPS) is 15.6. The van der Waals surface area contributed by atoms with Crippen LogP contribution < -0.4 is 4.90 Å². The minimum atomic E-state index is 0.164. The summed E-state index contributed by atoms with van der Waals surface area (Å²) in [6.07, 6.45) is 1.09. The van der Waals surface area contributed by atoms with Gasteiger partial charge in [0.2, 0.25) is 0 Å². The van der Waals surface area contributed by atoms with Crippen molar-refractivity contribution in [1.29, 1.82) is 0 Å². The maximum absolute atomic E-state index is 12.5. The van der Waals surface area contributed by atoms with E-state index in [0.29, 0.717) is 0 Å². The predicted octanol–water partition coefficient (Wildman–Crippen LogP) is 1.79. The molecule has 0 radical (unpaired) electrons. The number of nitrogens with one attached hydrogen (secondary N) is 1. The van der Waals surface area contributed by atoms with Gasteiger partial charge in [-0.2, -0.15) is 0 Å². The van der Waals surface area contributed by atoms with Gasteiger partial charge < -0.3 is 9.80 Å². The summed E-state index contributed by atoms with van der Waals surface area (Å²) in [5.41, 5.74) is 3.58. The molecule has 1 heterocycles. The van der Waals surface area contributed by atoms with Crippen LogP contribution in [0.5, 0.6) is 0 Å². The maximum atomic E-state index is 12.5. The summed E-state index contributed by atoms with van der Waals surface area (Å²) in [4.78, 5) is 16.0. The fourth-order valence-electron chi connectivity index (χ4n) is 3.15. The van der Waals surface area contributed by atoms with Crippen LogP contribution >= 0.6 is 0 Å². The van der Waals surface area contributed by atoms with Crippen LogP contribution in [-0.2, 0) is 13.0 Å². The van der Waals surface area contributed by atoms with Crippen LogP contribution in [0.25, 0.3) is 0 Å². The summed E-state index contributed by atoms with van der Waals surface area (Å²) in [5, 5.41) is 0. The third kappa shape index (κ3) is 3.99. The molecule has 3 rings (SSSR count). The average molecular weight is 309 g/mol. The van der Waals surface area contributed by atoms with Gasteiger partial charge in [-0.15, -0.1) is 0 Å². The standard InChI is InChI=1S/C20H24N2O/c1-2-17-8-10-18(11-9-17)16-21-12-14-22(15-13-21)20(23)19-6-4-3-5-7-19/h3-11H,2,12-16H2,1H3/p+1. The molecule has 3 heteroatoms. The van der Waals surface area contributed by atoms with Crippen LogP contribution in [0.4, 0.5) is 0 Å². The molecule has 0 unspecified atom stereocenters. The molecule has 2 aromatic rings. The van der Waals surface area contributed by atoms with E-state index in [4.69, 9.17) is 0 Å². The van der Waals surface area contributed by atoms with Gasteiger partial charge in [-0.3, -0.25) is 4.79 Å². The number of quaternary nitrogens is 1. The van der Waals surface area contributed by atoms with Crippen LogP contribution in [0.3, 0.4) is 0 Å². The molecule has 23 heavy (non-hydrogen) atoms. The molecule has 2 aromatic carbocycles. The van der Waals surface area contributed by atoms with Crippen molar-refractivity contribution in [2.45, 2.75) is 19.9 Å². The van der Waals surface area contributed by atoms with E-state index in [-0.39, 0.29) is 5.91 Å². The first-order chi connectivity index (χ1) is 11.3. The summed E-state index contributed by atoms with van der Waals surface area (Å²) in [7, 11) is 0. The van der Waals surface area contributed by atoms with E-state index >= 15 is 0 Å². The van der Waals surface area contributed by atoms with Crippen molar-refractivity contribution in [2.75, 3.05) is 26.2 Å². The first kappa shape index (κ1) is 15.8. The Bertz CT molecular complexity index is 628. The van der Waals surface area contributed by atoms with E-state index in [1.165, 1.54) is 11.1 Å². The van der Waals surface area contributed by atoms with Gasteiger partial charge in [0.1, 0.15) is 6.54 Å². The monoisotopic (exact) mass is 309 g/mol. The summed E-state index contributed by atoms with van der Waals surface area (Å²) in [6, 6.07) is 18.5. The van der Waals surface area contributed by atoms with Crippen molar-refractivity contribution in [3.63, 3.8) is 0 Å². The molecule has 0 aliphatic carbocycles. The van der Waals surface area contributed by atoms with Gasteiger partial charge in [0, 0.05) is 11.1 Å².